The minimum Gasteiger partial charge on any atom is -0.444 e. The number of alkyl carbamates (subject to hydrolysis) is 1. The molecule has 0 radical (unpaired) electrons. The highest BCUT2D eigenvalue weighted by Crippen LogP contribution is 2.18. The van der Waals surface area contributed by atoms with Gasteiger partial charge in [-0.1, -0.05) is 44.2 Å². The van der Waals surface area contributed by atoms with Crippen LogP contribution in [0.15, 0.2) is 30.3 Å². The topological polar surface area (TPSA) is 87.7 Å². The number of benzene rings is 1. The van der Waals surface area contributed by atoms with E-state index in [0.717, 1.165) is 23.5 Å². The molecule has 0 aliphatic carbocycles. The van der Waals surface area contributed by atoms with Gasteiger partial charge in [0.15, 0.2) is 6.10 Å². The lowest BCUT2D eigenvalue weighted by molar-refractivity contribution is -0.130. The van der Waals surface area contributed by atoms with Gasteiger partial charge < -0.3 is 20.5 Å². The molecule has 3 atom stereocenters. The van der Waals surface area contributed by atoms with Gasteiger partial charge in [-0.05, 0) is 50.7 Å². The van der Waals surface area contributed by atoms with Gasteiger partial charge in [0.2, 0.25) is 0 Å². The number of hydrogen-bond donors (Lipinski definition) is 3. The standard InChI is InChI=1S/C22H36N2O4S/c1-6-16(17-11-9-8-10-12-17)15-23-20(26)19(25)18(13-14-29-7-2)24-21(27)28-22(3,4)5/h8-12,16,18-19,25H,6-7,13-15H2,1-5H3,(H,23,26)(H,24,27). The van der Waals surface area contributed by atoms with E-state index in [1.54, 1.807) is 32.5 Å². The number of carbonyl (C=O) groups excluding carboxylic acids is 2. The van der Waals surface area contributed by atoms with Crippen molar-refractivity contribution in [2.24, 2.45) is 0 Å². The Balaban J connectivity index is 2.70. The van der Waals surface area contributed by atoms with Crippen molar-refractivity contribution in [2.45, 2.75) is 71.1 Å². The van der Waals surface area contributed by atoms with Crippen molar-refractivity contribution in [3.05, 3.63) is 35.9 Å². The quantitative estimate of drug-likeness (QED) is 0.472. The number of rotatable bonds is 11. The Bertz CT molecular complexity index is 619. The Labute approximate surface area is 179 Å². The first kappa shape index (κ1) is 25.3. The molecule has 0 aliphatic heterocycles. The van der Waals surface area contributed by atoms with Crippen LogP contribution >= 0.6 is 11.8 Å². The van der Waals surface area contributed by atoms with Crippen LogP contribution < -0.4 is 10.6 Å². The summed E-state index contributed by atoms with van der Waals surface area (Å²) in [6.07, 6.45) is -0.630. The van der Waals surface area contributed by atoms with Gasteiger partial charge in [-0.15, -0.1) is 0 Å². The largest absolute Gasteiger partial charge is 0.444 e. The highest BCUT2D eigenvalue weighted by Gasteiger charge is 2.29. The number of hydrogen-bond acceptors (Lipinski definition) is 5. The second kappa shape index (κ2) is 12.8. The zero-order chi connectivity index (χ0) is 21.9. The van der Waals surface area contributed by atoms with E-state index in [1.165, 1.54) is 0 Å². The van der Waals surface area contributed by atoms with E-state index in [1.807, 2.05) is 37.3 Å². The fourth-order valence-corrected chi connectivity index (χ4v) is 3.57. The first-order valence-corrected chi connectivity index (χ1v) is 11.4. The molecule has 0 aromatic heterocycles. The highest BCUT2D eigenvalue weighted by atomic mass is 32.2. The van der Waals surface area contributed by atoms with Crippen LogP contribution in [-0.4, -0.2) is 52.9 Å². The van der Waals surface area contributed by atoms with Crippen molar-refractivity contribution in [1.82, 2.24) is 10.6 Å². The van der Waals surface area contributed by atoms with Crippen LogP contribution in [0.25, 0.3) is 0 Å². The molecule has 0 saturated heterocycles. The maximum atomic E-state index is 12.6. The van der Waals surface area contributed by atoms with Gasteiger partial charge >= 0.3 is 6.09 Å². The Morgan fingerprint density at radius 1 is 1.17 bits per heavy atom. The Morgan fingerprint density at radius 2 is 1.83 bits per heavy atom. The van der Waals surface area contributed by atoms with Crippen LogP contribution in [0.4, 0.5) is 4.79 Å². The molecule has 3 N–H and O–H groups in total. The van der Waals surface area contributed by atoms with Crippen LogP contribution in [0.2, 0.25) is 0 Å². The minimum atomic E-state index is -1.34. The van der Waals surface area contributed by atoms with Crippen LogP contribution in [0, 0.1) is 0 Å². The number of aliphatic hydroxyl groups excluding tert-OH is 1. The summed E-state index contributed by atoms with van der Waals surface area (Å²) in [4.78, 5) is 24.7. The van der Waals surface area contributed by atoms with Crippen molar-refractivity contribution in [1.29, 1.82) is 0 Å². The highest BCUT2D eigenvalue weighted by molar-refractivity contribution is 7.99. The zero-order valence-corrected chi connectivity index (χ0v) is 19.1. The molecule has 0 fully saturated rings. The van der Waals surface area contributed by atoms with E-state index in [2.05, 4.69) is 17.6 Å². The third-order valence-electron chi connectivity index (χ3n) is 4.42. The average molecular weight is 425 g/mol. The van der Waals surface area contributed by atoms with Crippen molar-refractivity contribution < 1.29 is 19.4 Å². The Hall–Kier alpha value is -1.73. The molecule has 0 aliphatic rings. The van der Waals surface area contributed by atoms with E-state index < -0.39 is 29.7 Å². The normalized spacial score (nSPS) is 14.6. The SMILES string of the molecule is CCSCCC(NC(=O)OC(C)(C)C)C(O)C(=O)NCC(CC)c1ccccc1. The summed E-state index contributed by atoms with van der Waals surface area (Å²) in [5.74, 6) is 1.33. The first-order valence-electron chi connectivity index (χ1n) is 10.3. The van der Waals surface area contributed by atoms with E-state index in [4.69, 9.17) is 4.74 Å². The molecule has 29 heavy (non-hydrogen) atoms. The van der Waals surface area contributed by atoms with Crippen LogP contribution in [-0.2, 0) is 9.53 Å². The van der Waals surface area contributed by atoms with Gasteiger partial charge in [0, 0.05) is 12.5 Å². The van der Waals surface area contributed by atoms with Gasteiger partial charge in [0.25, 0.3) is 5.91 Å². The Kier molecular flexibility index (Phi) is 11.1. The maximum Gasteiger partial charge on any atom is 0.407 e. The smallest absolute Gasteiger partial charge is 0.407 e. The van der Waals surface area contributed by atoms with E-state index in [-0.39, 0.29) is 5.92 Å². The molecule has 1 rings (SSSR count). The van der Waals surface area contributed by atoms with E-state index >= 15 is 0 Å². The molecule has 0 saturated carbocycles. The van der Waals surface area contributed by atoms with Gasteiger partial charge in [0.05, 0.1) is 6.04 Å². The first-order chi connectivity index (χ1) is 13.7. The number of thioether (sulfide) groups is 1. The summed E-state index contributed by atoms with van der Waals surface area (Å²) in [5.41, 5.74) is 0.497. The third-order valence-corrected chi connectivity index (χ3v) is 5.35. The molecular formula is C22H36N2O4S. The summed E-state index contributed by atoms with van der Waals surface area (Å²) in [6, 6.07) is 9.26. The number of carbonyl (C=O) groups is 2. The van der Waals surface area contributed by atoms with Gasteiger partial charge in [0.1, 0.15) is 5.60 Å². The van der Waals surface area contributed by atoms with Crippen LogP contribution in [0.3, 0.4) is 0 Å². The lowest BCUT2D eigenvalue weighted by Gasteiger charge is -2.26. The van der Waals surface area contributed by atoms with Crippen LogP contribution in [0.5, 0.6) is 0 Å². The van der Waals surface area contributed by atoms with Gasteiger partial charge in [-0.25, -0.2) is 4.79 Å². The summed E-state index contributed by atoms with van der Waals surface area (Å²) in [5, 5.41) is 16.1. The zero-order valence-electron chi connectivity index (χ0n) is 18.2. The second-order valence-corrected chi connectivity index (χ2v) is 9.34. The lowest BCUT2D eigenvalue weighted by Crippen LogP contribution is -2.52. The second-order valence-electron chi connectivity index (χ2n) is 7.94. The fourth-order valence-electron chi connectivity index (χ4n) is 2.86. The number of nitrogens with one attached hydrogen (secondary N) is 2. The molecule has 1 aromatic rings. The van der Waals surface area contributed by atoms with Crippen molar-refractivity contribution >= 4 is 23.8 Å². The average Bonchev–Trinajstić information content (AvgIpc) is 2.66. The molecule has 0 bridgehead atoms. The third kappa shape index (κ3) is 10.0. The Morgan fingerprint density at radius 3 is 2.38 bits per heavy atom. The molecule has 0 heterocycles. The molecular weight excluding hydrogens is 388 g/mol. The van der Waals surface area contributed by atoms with Gasteiger partial charge in [-0.2, -0.15) is 11.8 Å². The summed E-state index contributed by atoms with van der Waals surface area (Å²) in [7, 11) is 0. The summed E-state index contributed by atoms with van der Waals surface area (Å²) < 4.78 is 5.28. The summed E-state index contributed by atoms with van der Waals surface area (Å²) >= 11 is 1.69. The van der Waals surface area contributed by atoms with Crippen molar-refractivity contribution in [2.75, 3.05) is 18.1 Å². The van der Waals surface area contributed by atoms with Crippen LogP contribution in [0.1, 0.15) is 58.9 Å². The molecule has 2 amide bonds. The fraction of sp³-hybridized carbons (Fsp3) is 0.636. The molecule has 6 nitrogen and oxygen atoms in total. The molecule has 164 valence electrons. The minimum absolute atomic E-state index is 0.167. The number of amides is 2. The molecule has 0 spiro atoms. The lowest BCUT2D eigenvalue weighted by atomic mass is 9.96. The molecule has 7 heteroatoms. The summed E-state index contributed by atoms with van der Waals surface area (Å²) in [6.45, 7) is 9.84. The monoisotopic (exact) mass is 424 g/mol. The predicted molar refractivity (Wildman–Crippen MR) is 119 cm³/mol. The van der Waals surface area contributed by atoms with Crippen molar-refractivity contribution in [3.63, 3.8) is 0 Å². The van der Waals surface area contributed by atoms with E-state index in [0.29, 0.717) is 13.0 Å². The molecule has 3 unspecified atom stereocenters. The number of ether oxygens (including phenoxy) is 1. The van der Waals surface area contributed by atoms with Gasteiger partial charge in [-0.3, -0.25) is 4.79 Å². The molecule has 1 aromatic carbocycles. The predicted octanol–water partition coefficient (Wildman–Crippen LogP) is 3.69. The van der Waals surface area contributed by atoms with E-state index in [9.17, 15) is 14.7 Å². The van der Waals surface area contributed by atoms with Crippen molar-refractivity contribution in [3.8, 4) is 0 Å². The number of aliphatic hydroxyl groups is 1. The maximum absolute atomic E-state index is 12.6.